The van der Waals surface area contributed by atoms with Crippen LogP contribution in [0, 0.1) is 0 Å². The van der Waals surface area contributed by atoms with Crippen LogP contribution in [0.5, 0.6) is 0 Å². The summed E-state index contributed by atoms with van der Waals surface area (Å²) in [4.78, 5) is 19.9. The maximum Gasteiger partial charge on any atom is 0.239 e. The second kappa shape index (κ2) is 5.96. The van der Waals surface area contributed by atoms with Gasteiger partial charge in [-0.1, -0.05) is 12.1 Å². The van der Waals surface area contributed by atoms with E-state index < -0.39 is 0 Å². The van der Waals surface area contributed by atoms with Gasteiger partial charge in [-0.3, -0.25) is 10.2 Å². The monoisotopic (exact) mass is 260 g/mol. The third kappa shape index (κ3) is 3.08. The maximum absolute atomic E-state index is 11.4. The van der Waals surface area contributed by atoms with Crippen LogP contribution in [0.2, 0.25) is 0 Å². The maximum atomic E-state index is 11.4. The summed E-state index contributed by atoms with van der Waals surface area (Å²) >= 11 is 0. The number of nitrogens with one attached hydrogen (secondary N) is 3. The molecular formula is C12H16N6O. The Labute approximate surface area is 110 Å². The van der Waals surface area contributed by atoms with Gasteiger partial charge >= 0.3 is 0 Å². The van der Waals surface area contributed by atoms with Gasteiger partial charge in [-0.25, -0.2) is 10.8 Å². The molecule has 19 heavy (non-hydrogen) atoms. The van der Waals surface area contributed by atoms with E-state index in [-0.39, 0.29) is 12.5 Å². The third-order valence-electron chi connectivity index (χ3n) is 2.52. The van der Waals surface area contributed by atoms with Gasteiger partial charge in [0.1, 0.15) is 5.82 Å². The molecule has 0 saturated heterocycles. The van der Waals surface area contributed by atoms with Crippen molar-refractivity contribution in [3.05, 3.63) is 24.3 Å². The summed E-state index contributed by atoms with van der Waals surface area (Å²) in [5, 5.41) is 6.53. The number of para-hydroxylation sites is 1. The van der Waals surface area contributed by atoms with Crippen molar-refractivity contribution in [3.8, 4) is 0 Å². The van der Waals surface area contributed by atoms with Crippen LogP contribution in [0.1, 0.15) is 6.92 Å². The number of carbonyl (C=O) groups is 1. The largest absolute Gasteiger partial charge is 0.360 e. The number of hydrogen-bond acceptors (Lipinski definition) is 6. The van der Waals surface area contributed by atoms with Crippen molar-refractivity contribution in [2.24, 2.45) is 5.84 Å². The molecule has 7 heteroatoms. The Morgan fingerprint density at radius 1 is 1.32 bits per heavy atom. The summed E-state index contributed by atoms with van der Waals surface area (Å²) in [5.41, 5.74) is 3.16. The summed E-state index contributed by atoms with van der Waals surface area (Å²) in [7, 11) is 0. The molecule has 1 heterocycles. The highest BCUT2D eigenvalue weighted by atomic mass is 16.1. The van der Waals surface area contributed by atoms with E-state index in [0.717, 1.165) is 10.9 Å². The fraction of sp³-hybridized carbons (Fsp3) is 0.250. The number of hydrazine groups is 1. The van der Waals surface area contributed by atoms with Crippen LogP contribution < -0.4 is 21.9 Å². The number of nitrogens with zero attached hydrogens (tertiary/aromatic N) is 2. The number of carbonyl (C=O) groups excluding carboxylic acids is 1. The molecule has 100 valence electrons. The minimum absolute atomic E-state index is 0.0903. The van der Waals surface area contributed by atoms with Crippen LogP contribution in [0.3, 0.4) is 0 Å². The average Bonchev–Trinajstić information content (AvgIpc) is 2.44. The fourth-order valence-electron chi connectivity index (χ4n) is 1.70. The van der Waals surface area contributed by atoms with Crippen molar-refractivity contribution in [3.63, 3.8) is 0 Å². The lowest BCUT2D eigenvalue weighted by Crippen LogP contribution is -2.29. The zero-order valence-electron chi connectivity index (χ0n) is 10.6. The van der Waals surface area contributed by atoms with Crippen LogP contribution in [0.15, 0.2) is 24.3 Å². The van der Waals surface area contributed by atoms with Gasteiger partial charge < -0.3 is 10.6 Å². The molecule has 0 unspecified atom stereocenters. The molecule has 0 atom stereocenters. The van der Waals surface area contributed by atoms with Crippen molar-refractivity contribution in [1.29, 1.82) is 0 Å². The molecule has 7 nitrogen and oxygen atoms in total. The zero-order chi connectivity index (χ0) is 13.7. The first kappa shape index (κ1) is 13.0. The van der Waals surface area contributed by atoms with Gasteiger partial charge in [0.2, 0.25) is 11.9 Å². The second-order valence-electron chi connectivity index (χ2n) is 3.86. The average molecular weight is 260 g/mol. The number of aromatic nitrogens is 2. The Bertz CT molecular complexity index is 585. The van der Waals surface area contributed by atoms with Crippen LogP contribution in [0.4, 0.5) is 11.8 Å². The van der Waals surface area contributed by atoms with Crippen molar-refractivity contribution in [2.75, 3.05) is 23.8 Å². The Balaban J connectivity index is 2.27. The van der Waals surface area contributed by atoms with Gasteiger partial charge in [0.15, 0.2) is 0 Å². The van der Waals surface area contributed by atoms with E-state index in [1.54, 1.807) is 0 Å². The van der Waals surface area contributed by atoms with Crippen LogP contribution in [-0.4, -0.2) is 29.0 Å². The van der Waals surface area contributed by atoms with Gasteiger partial charge in [0.25, 0.3) is 0 Å². The number of amides is 1. The minimum atomic E-state index is -0.0903. The summed E-state index contributed by atoms with van der Waals surface area (Å²) in [6.07, 6.45) is 0. The van der Waals surface area contributed by atoms with E-state index in [0.29, 0.717) is 18.3 Å². The molecule has 5 N–H and O–H groups in total. The SMILES string of the molecule is CCNC(=O)CNc1nc(NN)nc2ccccc12. The van der Waals surface area contributed by atoms with Crippen molar-refractivity contribution in [1.82, 2.24) is 15.3 Å². The molecule has 2 aromatic rings. The number of nitrogen functional groups attached to an aromatic ring is 1. The third-order valence-corrected chi connectivity index (χ3v) is 2.52. The first-order chi connectivity index (χ1) is 9.24. The molecule has 0 fully saturated rings. The quantitative estimate of drug-likeness (QED) is 0.460. The molecule has 0 spiro atoms. The highest BCUT2D eigenvalue weighted by Crippen LogP contribution is 2.21. The van der Waals surface area contributed by atoms with E-state index >= 15 is 0 Å². The molecule has 0 aliphatic rings. The fourth-order valence-corrected chi connectivity index (χ4v) is 1.70. The predicted octanol–water partition coefficient (Wildman–Crippen LogP) is 0.463. The number of hydrogen-bond donors (Lipinski definition) is 4. The second-order valence-corrected chi connectivity index (χ2v) is 3.86. The number of benzene rings is 1. The molecule has 0 bridgehead atoms. The predicted molar refractivity (Wildman–Crippen MR) is 74.5 cm³/mol. The lowest BCUT2D eigenvalue weighted by Gasteiger charge is -2.10. The number of nitrogens with two attached hydrogens (primary N) is 1. The van der Waals surface area contributed by atoms with E-state index in [4.69, 9.17) is 5.84 Å². The number of anilines is 2. The lowest BCUT2D eigenvalue weighted by molar-refractivity contribution is -0.119. The number of rotatable bonds is 5. The Hall–Kier alpha value is -2.41. The normalized spacial score (nSPS) is 10.2. The number of likely N-dealkylation sites (N-methyl/N-ethyl adjacent to an activating group) is 1. The van der Waals surface area contributed by atoms with E-state index in [9.17, 15) is 4.79 Å². The van der Waals surface area contributed by atoms with Gasteiger partial charge in [0.05, 0.1) is 12.1 Å². The minimum Gasteiger partial charge on any atom is -0.360 e. The highest BCUT2D eigenvalue weighted by molar-refractivity contribution is 5.91. The van der Waals surface area contributed by atoms with Crippen molar-refractivity contribution < 1.29 is 4.79 Å². The molecule has 1 amide bonds. The van der Waals surface area contributed by atoms with Crippen molar-refractivity contribution in [2.45, 2.75) is 6.92 Å². The van der Waals surface area contributed by atoms with Gasteiger partial charge in [-0.05, 0) is 19.1 Å². The molecular weight excluding hydrogens is 244 g/mol. The molecule has 0 saturated carbocycles. The van der Waals surface area contributed by atoms with E-state index in [1.807, 2.05) is 31.2 Å². The number of fused-ring (bicyclic) bond motifs is 1. The molecule has 1 aromatic carbocycles. The summed E-state index contributed by atoms with van der Waals surface area (Å²) < 4.78 is 0. The first-order valence-electron chi connectivity index (χ1n) is 5.98. The molecule has 2 rings (SSSR count). The Morgan fingerprint density at radius 2 is 2.11 bits per heavy atom. The smallest absolute Gasteiger partial charge is 0.239 e. The van der Waals surface area contributed by atoms with Crippen LogP contribution in [-0.2, 0) is 4.79 Å². The summed E-state index contributed by atoms with van der Waals surface area (Å²) in [5.74, 6) is 6.12. The topological polar surface area (TPSA) is 105 Å². The molecule has 0 radical (unpaired) electrons. The molecule has 0 aliphatic carbocycles. The highest BCUT2D eigenvalue weighted by Gasteiger charge is 2.07. The van der Waals surface area contributed by atoms with Crippen LogP contribution >= 0.6 is 0 Å². The molecule has 0 aliphatic heterocycles. The Kier molecular flexibility index (Phi) is 4.09. The first-order valence-corrected chi connectivity index (χ1v) is 5.98. The van der Waals surface area contributed by atoms with Gasteiger partial charge in [-0.15, -0.1) is 0 Å². The molecule has 1 aromatic heterocycles. The van der Waals surface area contributed by atoms with Gasteiger partial charge in [0, 0.05) is 11.9 Å². The lowest BCUT2D eigenvalue weighted by atomic mass is 10.2. The Morgan fingerprint density at radius 3 is 2.84 bits per heavy atom. The van der Waals surface area contributed by atoms with Crippen molar-refractivity contribution >= 4 is 28.6 Å². The summed E-state index contributed by atoms with van der Waals surface area (Å²) in [6.45, 7) is 2.62. The standard InChI is InChI=1S/C12H16N6O/c1-2-14-10(19)7-15-11-8-5-3-4-6-9(8)16-12(17-11)18-13/h3-6H,2,7,13H2,1H3,(H,14,19)(H2,15,16,17,18). The summed E-state index contributed by atoms with van der Waals surface area (Å²) in [6, 6.07) is 7.51. The van der Waals surface area contributed by atoms with Crippen LogP contribution in [0.25, 0.3) is 10.9 Å². The van der Waals surface area contributed by atoms with E-state index in [2.05, 4.69) is 26.0 Å². The van der Waals surface area contributed by atoms with Gasteiger partial charge in [-0.2, -0.15) is 4.98 Å². The van der Waals surface area contributed by atoms with E-state index in [1.165, 1.54) is 0 Å². The zero-order valence-corrected chi connectivity index (χ0v) is 10.6.